The minimum absolute atomic E-state index is 0.168. The molecule has 1 N–H and O–H groups in total. The molecular formula is C20H18BrN7O2. The summed E-state index contributed by atoms with van der Waals surface area (Å²) in [6.07, 6.45) is 4.94. The Labute approximate surface area is 179 Å². The zero-order valence-electron chi connectivity index (χ0n) is 16.3. The number of hydrazone groups is 1. The second kappa shape index (κ2) is 8.07. The van der Waals surface area contributed by atoms with E-state index in [-0.39, 0.29) is 6.54 Å². The summed E-state index contributed by atoms with van der Waals surface area (Å²) in [6, 6.07) is 11.1. The van der Waals surface area contributed by atoms with Crippen LogP contribution in [0.1, 0.15) is 11.1 Å². The van der Waals surface area contributed by atoms with E-state index < -0.39 is 11.2 Å². The van der Waals surface area contributed by atoms with Crippen molar-refractivity contribution in [2.45, 2.75) is 6.54 Å². The van der Waals surface area contributed by atoms with Gasteiger partial charge in [-0.15, -0.1) is 0 Å². The second-order valence-corrected chi connectivity index (χ2v) is 7.60. The van der Waals surface area contributed by atoms with E-state index in [1.165, 1.54) is 9.13 Å². The molecule has 0 atom stereocenters. The van der Waals surface area contributed by atoms with Crippen molar-refractivity contribution in [3.63, 3.8) is 0 Å². The van der Waals surface area contributed by atoms with Gasteiger partial charge in [0.1, 0.15) is 0 Å². The van der Waals surface area contributed by atoms with E-state index in [0.29, 0.717) is 17.1 Å². The van der Waals surface area contributed by atoms with Crippen molar-refractivity contribution < 1.29 is 0 Å². The largest absolute Gasteiger partial charge is 0.332 e. The zero-order chi connectivity index (χ0) is 21.3. The number of nitrogens with one attached hydrogen (secondary N) is 1. The van der Waals surface area contributed by atoms with E-state index in [1.54, 1.807) is 43.3 Å². The van der Waals surface area contributed by atoms with Gasteiger partial charge >= 0.3 is 5.69 Å². The first-order valence-corrected chi connectivity index (χ1v) is 9.85. The number of imidazole rings is 1. The standard InChI is InChI=1S/C20H18BrN7O2/c1-26-16-17(24-19(26)25-23-11-14-4-3-9-22-10-14)27(2)20(30)28(18(16)29)12-13-5-7-15(21)8-6-13/h3-11H,12H2,1-2H3,(H,24,25)/b23-11-. The van der Waals surface area contributed by atoms with Crippen LogP contribution in [0.4, 0.5) is 5.95 Å². The van der Waals surface area contributed by atoms with Crippen molar-refractivity contribution in [2.75, 3.05) is 5.43 Å². The fraction of sp³-hybridized carbons (Fsp3) is 0.150. The van der Waals surface area contributed by atoms with Gasteiger partial charge in [0.2, 0.25) is 5.95 Å². The van der Waals surface area contributed by atoms with E-state index in [1.807, 2.05) is 30.3 Å². The number of hydrogen-bond donors (Lipinski definition) is 1. The smallest absolute Gasteiger partial charge is 0.306 e. The lowest BCUT2D eigenvalue weighted by Gasteiger charge is -2.09. The van der Waals surface area contributed by atoms with Crippen LogP contribution in [0.5, 0.6) is 0 Å². The van der Waals surface area contributed by atoms with Gasteiger partial charge < -0.3 is 4.57 Å². The lowest BCUT2D eigenvalue weighted by Crippen LogP contribution is -2.39. The summed E-state index contributed by atoms with van der Waals surface area (Å²) >= 11 is 3.38. The van der Waals surface area contributed by atoms with Gasteiger partial charge in [0, 0.05) is 36.5 Å². The molecule has 0 radical (unpaired) electrons. The lowest BCUT2D eigenvalue weighted by molar-refractivity contribution is 0.655. The van der Waals surface area contributed by atoms with Crippen molar-refractivity contribution >= 4 is 39.3 Å². The van der Waals surface area contributed by atoms with Gasteiger partial charge in [-0.2, -0.15) is 10.1 Å². The van der Waals surface area contributed by atoms with Gasteiger partial charge in [-0.3, -0.25) is 18.9 Å². The maximum atomic E-state index is 13.1. The maximum absolute atomic E-state index is 13.1. The van der Waals surface area contributed by atoms with Crippen LogP contribution in [0, 0.1) is 0 Å². The molecule has 0 spiro atoms. The predicted octanol–water partition coefficient (Wildman–Crippen LogP) is 2.09. The predicted molar refractivity (Wildman–Crippen MR) is 119 cm³/mol. The Balaban J connectivity index is 1.73. The van der Waals surface area contributed by atoms with E-state index in [4.69, 9.17) is 0 Å². The Morgan fingerprint density at radius 1 is 1.13 bits per heavy atom. The minimum atomic E-state index is -0.432. The first-order chi connectivity index (χ1) is 14.5. The normalized spacial score (nSPS) is 11.4. The fourth-order valence-electron chi connectivity index (χ4n) is 3.07. The lowest BCUT2D eigenvalue weighted by atomic mass is 10.2. The third kappa shape index (κ3) is 3.69. The van der Waals surface area contributed by atoms with E-state index in [0.717, 1.165) is 15.6 Å². The van der Waals surface area contributed by atoms with Gasteiger partial charge in [-0.1, -0.05) is 34.1 Å². The van der Waals surface area contributed by atoms with Crippen LogP contribution in [-0.2, 0) is 20.6 Å². The number of hydrogen-bond acceptors (Lipinski definition) is 6. The topological polar surface area (TPSA) is 99.1 Å². The average molecular weight is 468 g/mol. The van der Waals surface area contributed by atoms with Crippen LogP contribution >= 0.6 is 15.9 Å². The second-order valence-electron chi connectivity index (χ2n) is 6.68. The van der Waals surface area contributed by atoms with Gasteiger partial charge in [0.25, 0.3) is 5.56 Å². The molecule has 0 bridgehead atoms. The number of benzene rings is 1. The molecule has 9 nitrogen and oxygen atoms in total. The molecule has 0 unspecified atom stereocenters. The molecule has 0 aliphatic rings. The zero-order valence-corrected chi connectivity index (χ0v) is 17.9. The molecule has 4 aromatic rings. The highest BCUT2D eigenvalue weighted by Gasteiger charge is 2.18. The molecule has 0 saturated heterocycles. The Bertz CT molecular complexity index is 1350. The summed E-state index contributed by atoms with van der Waals surface area (Å²) in [7, 11) is 3.30. The molecule has 0 saturated carbocycles. The molecule has 0 amide bonds. The van der Waals surface area contributed by atoms with Crippen LogP contribution in [0.25, 0.3) is 11.2 Å². The molecule has 1 aromatic carbocycles. The summed E-state index contributed by atoms with van der Waals surface area (Å²) < 4.78 is 5.09. The first-order valence-electron chi connectivity index (χ1n) is 9.05. The quantitative estimate of drug-likeness (QED) is 0.357. The monoisotopic (exact) mass is 467 g/mol. The third-order valence-electron chi connectivity index (χ3n) is 4.68. The fourth-order valence-corrected chi connectivity index (χ4v) is 3.34. The van der Waals surface area contributed by atoms with Crippen molar-refractivity contribution in [1.82, 2.24) is 23.7 Å². The van der Waals surface area contributed by atoms with Crippen molar-refractivity contribution in [3.05, 3.63) is 85.2 Å². The van der Waals surface area contributed by atoms with Crippen molar-refractivity contribution in [2.24, 2.45) is 19.2 Å². The number of aromatic nitrogens is 5. The van der Waals surface area contributed by atoms with Crippen molar-refractivity contribution in [3.8, 4) is 0 Å². The molecule has 10 heteroatoms. The number of pyridine rings is 1. The maximum Gasteiger partial charge on any atom is 0.332 e. The number of aryl methyl sites for hydroxylation is 2. The van der Waals surface area contributed by atoms with Crippen LogP contribution in [0.3, 0.4) is 0 Å². The van der Waals surface area contributed by atoms with Crippen LogP contribution in [0.15, 0.2) is 68.0 Å². The molecule has 0 aliphatic heterocycles. The van der Waals surface area contributed by atoms with E-state index >= 15 is 0 Å². The van der Waals surface area contributed by atoms with Gasteiger partial charge in [0.15, 0.2) is 11.2 Å². The minimum Gasteiger partial charge on any atom is -0.306 e. The third-order valence-corrected chi connectivity index (χ3v) is 5.21. The first kappa shape index (κ1) is 19.8. The van der Waals surface area contributed by atoms with Gasteiger partial charge in [-0.25, -0.2) is 10.2 Å². The summed E-state index contributed by atoms with van der Waals surface area (Å²) in [4.78, 5) is 34.3. The molecule has 3 aromatic heterocycles. The Kier molecular flexibility index (Phi) is 5.32. The Morgan fingerprint density at radius 2 is 1.90 bits per heavy atom. The summed E-state index contributed by atoms with van der Waals surface area (Å²) in [6.45, 7) is 0.168. The summed E-state index contributed by atoms with van der Waals surface area (Å²) in [5.41, 5.74) is 4.25. The molecule has 4 rings (SSSR count). The number of anilines is 1. The molecular weight excluding hydrogens is 450 g/mol. The highest BCUT2D eigenvalue weighted by molar-refractivity contribution is 9.10. The van der Waals surface area contributed by atoms with Gasteiger partial charge in [0.05, 0.1) is 12.8 Å². The number of halogens is 1. The summed E-state index contributed by atoms with van der Waals surface area (Å²) in [5.74, 6) is 0.346. The average Bonchev–Trinajstić information content (AvgIpc) is 3.08. The molecule has 3 heterocycles. The Hall–Kier alpha value is -3.53. The van der Waals surface area contributed by atoms with Crippen LogP contribution in [-0.4, -0.2) is 29.9 Å². The molecule has 152 valence electrons. The number of rotatable bonds is 5. The highest BCUT2D eigenvalue weighted by Crippen LogP contribution is 2.14. The molecule has 0 aliphatic carbocycles. The molecule has 0 fully saturated rings. The van der Waals surface area contributed by atoms with Crippen LogP contribution < -0.4 is 16.7 Å². The number of fused-ring (bicyclic) bond motifs is 1. The van der Waals surface area contributed by atoms with Crippen LogP contribution in [0.2, 0.25) is 0 Å². The SMILES string of the molecule is Cn1c(N/N=C\c2cccnc2)nc2c1c(=O)n(Cc1ccc(Br)cc1)c(=O)n2C. The van der Waals surface area contributed by atoms with E-state index in [9.17, 15) is 9.59 Å². The number of nitrogens with zero attached hydrogens (tertiary/aromatic N) is 6. The van der Waals surface area contributed by atoms with Gasteiger partial charge in [-0.05, 0) is 23.8 Å². The van der Waals surface area contributed by atoms with Crippen molar-refractivity contribution in [1.29, 1.82) is 0 Å². The highest BCUT2D eigenvalue weighted by atomic mass is 79.9. The molecule has 30 heavy (non-hydrogen) atoms. The van der Waals surface area contributed by atoms with E-state index in [2.05, 4.69) is 36.4 Å². The summed E-state index contributed by atoms with van der Waals surface area (Å²) in [5, 5.41) is 4.15. The Morgan fingerprint density at radius 3 is 2.60 bits per heavy atom.